The fourth-order valence-electron chi connectivity index (χ4n) is 1.71. The average molecular weight is 225 g/mol. The van der Waals surface area contributed by atoms with Crippen LogP contribution >= 0.6 is 0 Å². The van der Waals surface area contributed by atoms with Crippen molar-refractivity contribution >= 4 is 0 Å². The molecule has 88 valence electrons. The van der Waals surface area contributed by atoms with Gasteiger partial charge in [0.15, 0.2) is 0 Å². The van der Waals surface area contributed by atoms with Crippen LogP contribution in [0.15, 0.2) is 15.8 Å². The van der Waals surface area contributed by atoms with E-state index in [-0.39, 0.29) is 17.4 Å². The Hall–Kier alpha value is -1.40. The fraction of sp³-hybridized carbons (Fsp3) is 0.600. The van der Waals surface area contributed by atoms with Gasteiger partial charge >= 0.3 is 5.69 Å². The van der Waals surface area contributed by atoms with Crippen LogP contribution in [-0.2, 0) is 11.3 Å². The Bertz CT molecular complexity index is 471. The number of aromatic nitrogens is 2. The molecule has 0 spiro atoms. The molecule has 6 nitrogen and oxygen atoms in total. The largest absolute Gasteiger partial charge is 0.374 e. The van der Waals surface area contributed by atoms with Gasteiger partial charge < -0.3 is 10.1 Å². The van der Waals surface area contributed by atoms with E-state index in [0.717, 1.165) is 13.1 Å². The number of aromatic amines is 1. The van der Waals surface area contributed by atoms with Crippen LogP contribution in [0.3, 0.4) is 0 Å². The highest BCUT2D eigenvalue weighted by molar-refractivity contribution is 5.00. The number of aryl methyl sites for hydroxylation is 1. The van der Waals surface area contributed by atoms with E-state index in [2.05, 4.69) is 10.3 Å². The van der Waals surface area contributed by atoms with Gasteiger partial charge in [-0.25, -0.2) is 4.79 Å². The lowest BCUT2D eigenvalue weighted by atomic mass is 10.3. The summed E-state index contributed by atoms with van der Waals surface area (Å²) in [5, 5.41) is 3.19. The minimum Gasteiger partial charge on any atom is -0.374 e. The summed E-state index contributed by atoms with van der Waals surface area (Å²) in [4.78, 5) is 24.9. The molecule has 1 aromatic rings. The molecule has 1 unspecified atom stereocenters. The Balaban J connectivity index is 2.17. The zero-order chi connectivity index (χ0) is 11.5. The molecule has 1 aliphatic rings. The van der Waals surface area contributed by atoms with E-state index in [0.29, 0.717) is 18.7 Å². The molecule has 1 atom stereocenters. The van der Waals surface area contributed by atoms with Gasteiger partial charge in [-0.3, -0.25) is 14.3 Å². The molecule has 0 amide bonds. The summed E-state index contributed by atoms with van der Waals surface area (Å²) < 4.78 is 6.97. The number of ether oxygens (including phenoxy) is 1. The van der Waals surface area contributed by atoms with Gasteiger partial charge in [-0.2, -0.15) is 0 Å². The molecular weight excluding hydrogens is 210 g/mol. The molecule has 0 aliphatic carbocycles. The van der Waals surface area contributed by atoms with Gasteiger partial charge in [0.1, 0.15) is 0 Å². The monoisotopic (exact) mass is 225 g/mol. The lowest BCUT2D eigenvalue weighted by Crippen LogP contribution is -2.43. The predicted octanol–water partition coefficient (Wildman–Crippen LogP) is -1.17. The van der Waals surface area contributed by atoms with E-state index >= 15 is 0 Å². The summed E-state index contributed by atoms with van der Waals surface area (Å²) in [7, 11) is 0. The highest BCUT2D eigenvalue weighted by Gasteiger charge is 2.14. The molecule has 1 fully saturated rings. The van der Waals surface area contributed by atoms with Crippen molar-refractivity contribution in [3.8, 4) is 0 Å². The summed E-state index contributed by atoms with van der Waals surface area (Å²) in [5.41, 5.74) is -0.183. The van der Waals surface area contributed by atoms with E-state index in [1.807, 2.05) is 0 Å². The lowest BCUT2D eigenvalue weighted by molar-refractivity contribution is 0.0173. The number of H-pyrrole nitrogens is 1. The van der Waals surface area contributed by atoms with Gasteiger partial charge in [0.05, 0.1) is 19.3 Å². The topological polar surface area (TPSA) is 76.1 Å². The first-order valence-electron chi connectivity index (χ1n) is 5.29. The molecular formula is C10H15N3O3. The first-order chi connectivity index (χ1) is 7.66. The molecule has 0 radical (unpaired) electrons. The van der Waals surface area contributed by atoms with Gasteiger partial charge in [-0.15, -0.1) is 0 Å². The second kappa shape index (κ2) is 4.63. The molecule has 2 rings (SSSR count). The van der Waals surface area contributed by atoms with Crippen LogP contribution in [0, 0.1) is 6.92 Å². The van der Waals surface area contributed by atoms with Gasteiger partial charge in [-0.05, 0) is 6.92 Å². The number of hydrogen-bond donors (Lipinski definition) is 2. The van der Waals surface area contributed by atoms with E-state index in [4.69, 9.17) is 4.74 Å². The predicted molar refractivity (Wildman–Crippen MR) is 58.7 cm³/mol. The molecule has 2 N–H and O–H groups in total. The third kappa shape index (κ3) is 2.40. The highest BCUT2D eigenvalue weighted by atomic mass is 16.5. The Labute approximate surface area is 92.3 Å². The van der Waals surface area contributed by atoms with E-state index in [9.17, 15) is 9.59 Å². The average Bonchev–Trinajstić information content (AvgIpc) is 2.27. The molecule has 0 aromatic carbocycles. The minimum absolute atomic E-state index is 0.0169. The molecule has 1 saturated heterocycles. The van der Waals surface area contributed by atoms with Crippen LogP contribution in [0.1, 0.15) is 5.56 Å². The molecule has 6 heteroatoms. The quantitative estimate of drug-likeness (QED) is 0.665. The van der Waals surface area contributed by atoms with Crippen molar-refractivity contribution < 1.29 is 4.74 Å². The Morgan fingerprint density at radius 1 is 1.56 bits per heavy atom. The Kier molecular flexibility index (Phi) is 3.21. The third-order valence-electron chi connectivity index (χ3n) is 2.59. The molecule has 0 saturated carbocycles. The van der Waals surface area contributed by atoms with Crippen LogP contribution in [0.25, 0.3) is 0 Å². The van der Waals surface area contributed by atoms with Crippen molar-refractivity contribution in [3.63, 3.8) is 0 Å². The van der Waals surface area contributed by atoms with Crippen LogP contribution in [0.4, 0.5) is 0 Å². The van der Waals surface area contributed by atoms with Crippen molar-refractivity contribution in [2.24, 2.45) is 0 Å². The number of nitrogens with one attached hydrogen (secondary N) is 2. The maximum absolute atomic E-state index is 11.5. The van der Waals surface area contributed by atoms with Gasteiger partial charge in [-0.1, -0.05) is 0 Å². The van der Waals surface area contributed by atoms with Crippen molar-refractivity contribution in [1.29, 1.82) is 0 Å². The summed E-state index contributed by atoms with van der Waals surface area (Å²) in [6.07, 6.45) is 1.55. The summed E-state index contributed by atoms with van der Waals surface area (Å²) in [5.74, 6) is 0. The second-order valence-corrected chi connectivity index (χ2v) is 3.92. The smallest absolute Gasteiger partial charge is 0.328 e. The van der Waals surface area contributed by atoms with Gasteiger partial charge in [0.25, 0.3) is 5.56 Å². The zero-order valence-corrected chi connectivity index (χ0v) is 9.16. The van der Waals surface area contributed by atoms with E-state index in [1.54, 1.807) is 13.1 Å². The van der Waals surface area contributed by atoms with E-state index in [1.165, 1.54) is 4.57 Å². The number of hydrogen-bond acceptors (Lipinski definition) is 4. The van der Waals surface area contributed by atoms with Crippen molar-refractivity contribution in [2.75, 3.05) is 19.7 Å². The van der Waals surface area contributed by atoms with Crippen LogP contribution in [0.2, 0.25) is 0 Å². The van der Waals surface area contributed by atoms with Gasteiger partial charge in [0.2, 0.25) is 0 Å². The van der Waals surface area contributed by atoms with Crippen molar-refractivity contribution in [3.05, 3.63) is 32.6 Å². The fourth-order valence-corrected chi connectivity index (χ4v) is 1.71. The molecule has 16 heavy (non-hydrogen) atoms. The standard InChI is InChI=1S/C10H15N3O3/c1-7-5-13(10(15)12-9(7)14)6-8-4-11-2-3-16-8/h5,8,11H,2-4,6H2,1H3,(H,12,14,15). The number of morpholine rings is 1. The van der Waals surface area contributed by atoms with Gasteiger partial charge in [0, 0.05) is 24.8 Å². The number of rotatable bonds is 2. The normalized spacial score (nSPS) is 20.9. The Morgan fingerprint density at radius 2 is 2.38 bits per heavy atom. The summed E-state index contributed by atoms with van der Waals surface area (Å²) in [6.45, 7) is 4.36. The van der Waals surface area contributed by atoms with Crippen LogP contribution in [0.5, 0.6) is 0 Å². The van der Waals surface area contributed by atoms with Crippen LogP contribution < -0.4 is 16.6 Å². The van der Waals surface area contributed by atoms with Crippen molar-refractivity contribution in [1.82, 2.24) is 14.9 Å². The van der Waals surface area contributed by atoms with E-state index < -0.39 is 0 Å². The first kappa shape index (κ1) is 11.1. The SMILES string of the molecule is Cc1cn(CC2CNCCO2)c(=O)[nH]c1=O. The first-order valence-corrected chi connectivity index (χ1v) is 5.29. The van der Waals surface area contributed by atoms with Crippen LogP contribution in [-0.4, -0.2) is 35.4 Å². The highest BCUT2D eigenvalue weighted by Crippen LogP contribution is 1.98. The second-order valence-electron chi connectivity index (χ2n) is 3.92. The number of nitrogens with zero attached hydrogens (tertiary/aromatic N) is 1. The molecule has 0 bridgehead atoms. The molecule has 1 aliphatic heterocycles. The summed E-state index contributed by atoms with van der Waals surface area (Å²) >= 11 is 0. The molecule has 2 heterocycles. The third-order valence-corrected chi connectivity index (χ3v) is 2.59. The summed E-state index contributed by atoms with van der Waals surface area (Å²) in [6, 6.07) is 0. The van der Waals surface area contributed by atoms with Crippen molar-refractivity contribution in [2.45, 2.75) is 19.6 Å². The zero-order valence-electron chi connectivity index (χ0n) is 9.16. The Morgan fingerprint density at radius 3 is 3.06 bits per heavy atom. The lowest BCUT2D eigenvalue weighted by Gasteiger charge is -2.24. The minimum atomic E-state index is -0.384. The molecule has 1 aromatic heterocycles. The maximum Gasteiger partial charge on any atom is 0.328 e. The maximum atomic E-state index is 11.5.